The summed E-state index contributed by atoms with van der Waals surface area (Å²) in [5.74, 6) is 1.00. The summed E-state index contributed by atoms with van der Waals surface area (Å²) >= 11 is 0. The first-order valence-corrected chi connectivity index (χ1v) is 6.18. The summed E-state index contributed by atoms with van der Waals surface area (Å²) in [6.07, 6.45) is 5.19. The summed E-state index contributed by atoms with van der Waals surface area (Å²) in [6.45, 7) is 2.50. The molecule has 88 valence electrons. The zero-order chi connectivity index (χ0) is 11.5. The van der Waals surface area contributed by atoms with E-state index in [2.05, 4.69) is 0 Å². The Labute approximate surface area is 96.9 Å². The molecule has 0 radical (unpaired) electrons. The van der Waals surface area contributed by atoms with Gasteiger partial charge in [-0.3, -0.25) is 0 Å². The Morgan fingerprint density at radius 1 is 1.38 bits per heavy atom. The van der Waals surface area contributed by atoms with Gasteiger partial charge in [-0.05, 0) is 55.3 Å². The van der Waals surface area contributed by atoms with Gasteiger partial charge >= 0.3 is 0 Å². The molecular weight excluding hydrogens is 201 g/mol. The standard InChI is InChI=1S/C14H20FN/c1-10-8-12(6-7-14(10)15)13(9-16)11-4-2-3-5-11/h6-8,11,13H,2-5,9,16H2,1H3. The van der Waals surface area contributed by atoms with Crippen LogP contribution in [0.1, 0.15) is 42.7 Å². The lowest BCUT2D eigenvalue weighted by atomic mass is 9.84. The molecule has 1 saturated carbocycles. The Kier molecular flexibility index (Phi) is 3.59. The van der Waals surface area contributed by atoms with Crippen molar-refractivity contribution in [2.75, 3.05) is 6.54 Å². The molecule has 16 heavy (non-hydrogen) atoms. The Morgan fingerprint density at radius 3 is 2.62 bits per heavy atom. The number of halogens is 1. The summed E-state index contributed by atoms with van der Waals surface area (Å²) in [7, 11) is 0. The van der Waals surface area contributed by atoms with Crippen molar-refractivity contribution in [3.05, 3.63) is 35.1 Å². The van der Waals surface area contributed by atoms with Crippen LogP contribution in [0.2, 0.25) is 0 Å². The average molecular weight is 221 g/mol. The van der Waals surface area contributed by atoms with E-state index < -0.39 is 0 Å². The molecule has 1 aromatic rings. The fraction of sp³-hybridized carbons (Fsp3) is 0.571. The molecular formula is C14H20FN. The molecule has 0 aliphatic heterocycles. The maximum atomic E-state index is 13.2. The molecule has 1 aromatic carbocycles. The van der Waals surface area contributed by atoms with Crippen molar-refractivity contribution in [3.63, 3.8) is 0 Å². The van der Waals surface area contributed by atoms with Crippen LogP contribution in [0.3, 0.4) is 0 Å². The minimum atomic E-state index is -0.119. The smallest absolute Gasteiger partial charge is 0.126 e. The van der Waals surface area contributed by atoms with Gasteiger partial charge in [-0.25, -0.2) is 4.39 Å². The predicted molar refractivity (Wildman–Crippen MR) is 64.9 cm³/mol. The van der Waals surface area contributed by atoms with Gasteiger partial charge in [-0.15, -0.1) is 0 Å². The van der Waals surface area contributed by atoms with E-state index in [0.29, 0.717) is 18.4 Å². The van der Waals surface area contributed by atoms with Gasteiger partial charge in [0.05, 0.1) is 0 Å². The van der Waals surface area contributed by atoms with Crippen LogP contribution in [0.5, 0.6) is 0 Å². The Morgan fingerprint density at radius 2 is 2.06 bits per heavy atom. The zero-order valence-electron chi connectivity index (χ0n) is 9.88. The molecule has 1 atom stereocenters. The van der Waals surface area contributed by atoms with Crippen LogP contribution in [0.15, 0.2) is 18.2 Å². The molecule has 0 aromatic heterocycles. The van der Waals surface area contributed by atoms with Gasteiger partial charge in [0.15, 0.2) is 0 Å². The van der Waals surface area contributed by atoms with E-state index >= 15 is 0 Å². The van der Waals surface area contributed by atoms with E-state index in [-0.39, 0.29) is 5.82 Å². The topological polar surface area (TPSA) is 26.0 Å². The molecule has 1 aliphatic rings. The first-order chi connectivity index (χ1) is 7.72. The first-order valence-electron chi connectivity index (χ1n) is 6.18. The van der Waals surface area contributed by atoms with E-state index in [1.165, 1.54) is 31.2 Å². The predicted octanol–water partition coefficient (Wildman–Crippen LogP) is 3.37. The van der Waals surface area contributed by atoms with Crippen LogP contribution in [0.25, 0.3) is 0 Å². The van der Waals surface area contributed by atoms with Gasteiger partial charge in [0, 0.05) is 0 Å². The average Bonchev–Trinajstić information content (AvgIpc) is 2.78. The highest BCUT2D eigenvalue weighted by Gasteiger charge is 2.25. The second kappa shape index (κ2) is 4.96. The van der Waals surface area contributed by atoms with Crippen LogP contribution in [-0.2, 0) is 0 Å². The van der Waals surface area contributed by atoms with Crippen LogP contribution < -0.4 is 5.73 Å². The molecule has 1 nitrogen and oxygen atoms in total. The van der Waals surface area contributed by atoms with E-state index in [4.69, 9.17) is 5.73 Å². The van der Waals surface area contributed by atoms with Crippen LogP contribution >= 0.6 is 0 Å². The largest absolute Gasteiger partial charge is 0.330 e. The molecule has 0 heterocycles. The number of aryl methyl sites for hydroxylation is 1. The minimum Gasteiger partial charge on any atom is -0.330 e. The summed E-state index contributed by atoms with van der Waals surface area (Å²) in [4.78, 5) is 0. The van der Waals surface area contributed by atoms with Gasteiger partial charge < -0.3 is 5.73 Å². The lowest BCUT2D eigenvalue weighted by Crippen LogP contribution is -2.20. The van der Waals surface area contributed by atoms with Crippen molar-refractivity contribution in [3.8, 4) is 0 Å². The number of benzene rings is 1. The molecule has 2 rings (SSSR count). The molecule has 1 aliphatic carbocycles. The Hall–Kier alpha value is -0.890. The lowest BCUT2D eigenvalue weighted by Gasteiger charge is -2.22. The molecule has 1 fully saturated rings. The molecule has 0 bridgehead atoms. The number of rotatable bonds is 3. The summed E-state index contributed by atoms with van der Waals surface area (Å²) in [5.41, 5.74) is 7.83. The van der Waals surface area contributed by atoms with E-state index in [0.717, 1.165) is 5.56 Å². The molecule has 2 heteroatoms. The second-order valence-electron chi connectivity index (χ2n) is 4.90. The van der Waals surface area contributed by atoms with Gasteiger partial charge in [0.25, 0.3) is 0 Å². The van der Waals surface area contributed by atoms with Gasteiger partial charge in [0.1, 0.15) is 5.82 Å². The maximum Gasteiger partial charge on any atom is 0.126 e. The van der Waals surface area contributed by atoms with E-state index in [9.17, 15) is 4.39 Å². The molecule has 1 unspecified atom stereocenters. The van der Waals surface area contributed by atoms with Gasteiger partial charge in [-0.2, -0.15) is 0 Å². The second-order valence-corrected chi connectivity index (χ2v) is 4.90. The fourth-order valence-corrected chi connectivity index (χ4v) is 2.86. The minimum absolute atomic E-state index is 0.119. The number of hydrogen-bond acceptors (Lipinski definition) is 1. The maximum absolute atomic E-state index is 13.2. The third-order valence-electron chi connectivity index (χ3n) is 3.83. The zero-order valence-corrected chi connectivity index (χ0v) is 9.88. The third-order valence-corrected chi connectivity index (χ3v) is 3.83. The van der Waals surface area contributed by atoms with Crippen LogP contribution in [0.4, 0.5) is 4.39 Å². The van der Waals surface area contributed by atoms with Crippen molar-refractivity contribution in [2.24, 2.45) is 11.7 Å². The molecule has 0 spiro atoms. The van der Waals surface area contributed by atoms with Crippen molar-refractivity contribution >= 4 is 0 Å². The van der Waals surface area contributed by atoms with Crippen molar-refractivity contribution < 1.29 is 4.39 Å². The van der Waals surface area contributed by atoms with Crippen molar-refractivity contribution in [1.82, 2.24) is 0 Å². The van der Waals surface area contributed by atoms with Crippen LogP contribution in [-0.4, -0.2) is 6.54 Å². The fourth-order valence-electron chi connectivity index (χ4n) is 2.86. The van der Waals surface area contributed by atoms with E-state index in [1.807, 2.05) is 19.1 Å². The first kappa shape index (κ1) is 11.6. The molecule has 2 N–H and O–H groups in total. The molecule has 0 amide bonds. The van der Waals surface area contributed by atoms with E-state index in [1.54, 1.807) is 6.07 Å². The summed E-state index contributed by atoms with van der Waals surface area (Å²) in [6, 6.07) is 5.44. The monoisotopic (exact) mass is 221 g/mol. The lowest BCUT2D eigenvalue weighted by molar-refractivity contribution is 0.439. The summed E-state index contributed by atoms with van der Waals surface area (Å²) in [5, 5.41) is 0. The summed E-state index contributed by atoms with van der Waals surface area (Å²) < 4.78 is 13.2. The van der Waals surface area contributed by atoms with Crippen molar-refractivity contribution in [1.29, 1.82) is 0 Å². The van der Waals surface area contributed by atoms with Gasteiger partial charge in [0.2, 0.25) is 0 Å². The normalized spacial score (nSPS) is 18.9. The number of hydrogen-bond donors (Lipinski definition) is 1. The SMILES string of the molecule is Cc1cc(C(CN)C2CCCC2)ccc1F. The Balaban J connectivity index is 2.22. The third kappa shape index (κ3) is 2.27. The highest BCUT2D eigenvalue weighted by atomic mass is 19.1. The van der Waals surface area contributed by atoms with Crippen LogP contribution in [0, 0.1) is 18.7 Å². The van der Waals surface area contributed by atoms with Crippen molar-refractivity contribution in [2.45, 2.75) is 38.5 Å². The highest BCUT2D eigenvalue weighted by molar-refractivity contribution is 5.27. The highest BCUT2D eigenvalue weighted by Crippen LogP contribution is 2.37. The molecule has 0 saturated heterocycles. The van der Waals surface area contributed by atoms with Gasteiger partial charge in [-0.1, -0.05) is 25.0 Å². The quantitative estimate of drug-likeness (QED) is 0.832. The number of nitrogens with two attached hydrogens (primary N) is 1. The Bertz CT molecular complexity index is 356.